The Bertz CT molecular complexity index is 834. The molecule has 3 rings (SSSR count). The van der Waals surface area contributed by atoms with Gasteiger partial charge in [-0.25, -0.2) is 0 Å². The van der Waals surface area contributed by atoms with Crippen LogP contribution >= 0.6 is 11.8 Å². The maximum atomic E-state index is 13.1. The normalized spacial score (nSPS) is 16.6. The van der Waals surface area contributed by atoms with E-state index in [1.807, 2.05) is 34.9 Å². The molecule has 5 heteroatoms. The van der Waals surface area contributed by atoms with Crippen LogP contribution in [0, 0.1) is 0 Å². The summed E-state index contributed by atoms with van der Waals surface area (Å²) in [5.74, 6) is 0.632. The molecule has 26 heavy (non-hydrogen) atoms. The van der Waals surface area contributed by atoms with Crippen LogP contribution in [0.4, 0.5) is 5.69 Å². The van der Waals surface area contributed by atoms with Crippen molar-refractivity contribution in [2.24, 2.45) is 0 Å². The summed E-state index contributed by atoms with van der Waals surface area (Å²) in [7, 11) is 1.58. The number of nitrogens with zero attached hydrogens (tertiary/aromatic N) is 1. The molecule has 1 atom stereocenters. The first-order valence-electron chi connectivity index (χ1n) is 8.73. The van der Waals surface area contributed by atoms with Crippen LogP contribution in [0.1, 0.15) is 36.2 Å². The molecule has 0 aliphatic carbocycles. The molecule has 2 aromatic carbocycles. The lowest BCUT2D eigenvalue weighted by molar-refractivity contribution is -0.118. The van der Waals surface area contributed by atoms with E-state index in [0.29, 0.717) is 23.1 Å². The van der Waals surface area contributed by atoms with Crippen molar-refractivity contribution in [3.05, 3.63) is 53.6 Å². The molecule has 1 amide bonds. The molecule has 1 aliphatic heterocycles. The van der Waals surface area contributed by atoms with E-state index in [-0.39, 0.29) is 18.1 Å². The minimum Gasteiger partial charge on any atom is -0.496 e. The highest BCUT2D eigenvalue weighted by Crippen LogP contribution is 2.37. The van der Waals surface area contributed by atoms with Gasteiger partial charge in [0, 0.05) is 27.8 Å². The Hall–Kier alpha value is -2.27. The molecule has 0 saturated carbocycles. The van der Waals surface area contributed by atoms with Crippen molar-refractivity contribution in [1.82, 2.24) is 0 Å². The number of hydrogen-bond donors (Lipinski definition) is 0. The Morgan fingerprint density at radius 1 is 1.23 bits per heavy atom. The molecular formula is C21H23NO3S. The van der Waals surface area contributed by atoms with E-state index in [1.165, 1.54) is 6.92 Å². The van der Waals surface area contributed by atoms with Gasteiger partial charge >= 0.3 is 0 Å². The van der Waals surface area contributed by atoms with Gasteiger partial charge in [0.2, 0.25) is 5.91 Å². The van der Waals surface area contributed by atoms with Gasteiger partial charge < -0.3 is 9.64 Å². The minimum absolute atomic E-state index is 0.0196. The lowest BCUT2D eigenvalue weighted by atomic mass is 10.0. The van der Waals surface area contributed by atoms with E-state index in [4.69, 9.17) is 4.74 Å². The monoisotopic (exact) mass is 369 g/mol. The van der Waals surface area contributed by atoms with Gasteiger partial charge in [-0.05, 0) is 43.7 Å². The van der Waals surface area contributed by atoms with Gasteiger partial charge in [0.1, 0.15) is 5.75 Å². The third kappa shape index (κ3) is 3.93. The molecule has 0 spiro atoms. The first kappa shape index (κ1) is 18.5. The number of ether oxygens (including phenoxy) is 1. The van der Waals surface area contributed by atoms with Crippen LogP contribution < -0.4 is 9.64 Å². The molecule has 1 aliphatic rings. The molecule has 0 aromatic heterocycles. The molecule has 0 bridgehead atoms. The summed E-state index contributed by atoms with van der Waals surface area (Å²) in [6, 6.07) is 13.3. The molecule has 4 nitrogen and oxygen atoms in total. The number of benzene rings is 2. The topological polar surface area (TPSA) is 46.6 Å². The van der Waals surface area contributed by atoms with Crippen molar-refractivity contribution in [3.63, 3.8) is 0 Å². The zero-order valence-corrected chi connectivity index (χ0v) is 16.1. The SMILES string of the molecule is COc1ccc(C(C)=O)cc1CC(=O)N1CC[C@H](C)Sc2ccccc21. The molecule has 0 unspecified atom stereocenters. The Kier molecular flexibility index (Phi) is 5.67. The summed E-state index contributed by atoms with van der Waals surface area (Å²) in [6.07, 6.45) is 1.15. The summed E-state index contributed by atoms with van der Waals surface area (Å²) in [5.41, 5.74) is 2.30. The second-order valence-electron chi connectivity index (χ2n) is 6.49. The van der Waals surface area contributed by atoms with Gasteiger partial charge in [0.05, 0.1) is 19.2 Å². The zero-order valence-electron chi connectivity index (χ0n) is 15.3. The zero-order chi connectivity index (χ0) is 18.7. The number of anilines is 1. The number of thioether (sulfide) groups is 1. The number of carbonyl (C=O) groups is 2. The molecule has 136 valence electrons. The highest BCUT2D eigenvalue weighted by atomic mass is 32.2. The molecule has 0 saturated heterocycles. The number of ketones is 1. The number of hydrogen-bond acceptors (Lipinski definition) is 4. The second kappa shape index (κ2) is 7.96. The fourth-order valence-corrected chi connectivity index (χ4v) is 4.25. The predicted molar refractivity (Wildman–Crippen MR) is 105 cm³/mol. The van der Waals surface area contributed by atoms with Crippen LogP contribution in [-0.4, -0.2) is 30.6 Å². The van der Waals surface area contributed by atoms with E-state index in [9.17, 15) is 9.59 Å². The number of para-hydroxylation sites is 1. The fraction of sp³-hybridized carbons (Fsp3) is 0.333. The van der Waals surface area contributed by atoms with Crippen molar-refractivity contribution >= 4 is 29.1 Å². The average Bonchev–Trinajstić information content (AvgIpc) is 2.79. The lowest BCUT2D eigenvalue weighted by Gasteiger charge is -2.23. The van der Waals surface area contributed by atoms with Crippen molar-refractivity contribution in [1.29, 1.82) is 0 Å². The number of amides is 1. The molecule has 1 heterocycles. The van der Waals surface area contributed by atoms with Crippen LogP contribution in [-0.2, 0) is 11.2 Å². The van der Waals surface area contributed by atoms with E-state index in [2.05, 4.69) is 13.0 Å². The Balaban J connectivity index is 1.91. The summed E-state index contributed by atoms with van der Waals surface area (Å²) in [5, 5.41) is 0.463. The van der Waals surface area contributed by atoms with Crippen molar-refractivity contribution in [3.8, 4) is 5.75 Å². The van der Waals surface area contributed by atoms with Crippen LogP contribution in [0.2, 0.25) is 0 Å². The lowest BCUT2D eigenvalue weighted by Crippen LogP contribution is -2.33. The highest BCUT2D eigenvalue weighted by Gasteiger charge is 2.25. The molecule has 0 N–H and O–H groups in total. The van der Waals surface area contributed by atoms with Gasteiger partial charge in [-0.1, -0.05) is 19.1 Å². The minimum atomic E-state index is -0.0216. The third-order valence-corrected chi connectivity index (χ3v) is 5.81. The first-order valence-corrected chi connectivity index (χ1v) is 9.61. The summed E-state index contributed by atoms with van der Waals surface area (Å²) >= 11 is 1.81. The second-order valence-corrected chi connectivity index (χ2v) is 7.97. The van der Waals surface area contributed by atoms with Crippen molar-refractivity contribution < 1.29 is 14.3 Å². The molecular weight excluding hydrogens is 346 g/mol. The van der Waals surface area contributed by atoms with Gasteiger partial charge in [0.25, 0.3) is 0 Å². The van der Waals surface area contributed by atoms with E-state index in [0.717, 1.165) is 22.6 Å². The van der Waals surface area contributed by atoms with Crippen molar-refractivity contribution in [2.75, 3.05) is 18.6 Å². The Labute approximate surface area is 158 Å². The number of carbonyl (C=O) groups excluding carboxylic acids is 2. The number of Topliss-reactive ketones (excluding diaryl/α,β-unsaturated/α-hetero) is 1. The quantitative estimate of drug-likeness (QED) is 0.752. The van der Waals surface area contributed by atoms with Crippen LogP contribution in [0.3, 0.4) is 0 Å². The number of fused-ring (bicyclic) bond motifs is 1. The summed E-state index contributed by atoms with van der Waals surface area (Å²) in [6.45, 7) is 4.41. The number of rotatable bonds is 4. The van der Waals surface area contributed by atoms with E-state index >= 15 is 0 Å². The largest absolute Gasteiger partial charge is 0.496 e. The van der Waals surface area contributed by atoms with Gasteiger partial charge in [0.15, 0.2) is 5.78 Å². The average molecular weight is 369 g/mol. The van der Waals surface area contributed by atoms with Crippen LogP contribution in [0.15, 0.2) is 47.4 Å². The molecule has 0 fully saturated rings. The number of methoxy groups -OCH3 is 1. The fourth-order valence-electron chi connectivity index (χ4n) is 3.14. The smallest absolute Gasteiger partial charge is 0.231 e. The summed E-state index contributed by atoms with van der Waals surface area (Å²) < 4.78 is 5.39. The Morgan fingerprint density at radius 2 is 2.00 bits per heavy atom. The van der Waals surface area contributed by atoms with Gasteiger partial charge in [-0.15, -0.1) is 11.8 Å². The maximum Gasteiger partial charge on any atom is 0.231 e. The maximum absolute atomic E-state index is 13.1. The standard InChI is InChI=1S/C21H23NO3S/c1-14-10-11-22(18-6-4-5-7-20(18)26-14)21(24)13-17-12-16(15(2)23)8-9-19(17)25-3/h4-9,12,14H,10-11,13H2,1-3H3/t14-/m0/s1. The highest BCUT2D eigenvalue weighted by molar-refractivity contribution is 8.00. The Morgan fingerprint density at radius 3 is 2.73 bits per heavy atom. The first-order chi connectivity index (χ1) is 12.5. The molecule has 0 radical (unpaired) electrons. The van der Waals surface area contributed by atoms with Crippen molar-refractivity contribution in [2.45, 2.75) is 36.8 Å². The van der Waals surface area contributed by atoms with Crippen LogP contribution in [0.25, 0.3) is 0 Å². The van der Waals surface area contributed by atoms with Gasteiger partial charge in [-0.3, -0.25) is 9.59 Å². The van der Waals surface area contributed by atoms with Gasteiger partial charge in [-0.2, -0.15) is 0 Å². The van der Waals surface area contributed by atoms with E-state index < -0.39 is 0 Å². The summed E-state index contributed by atoms with van der Waals surface area (Å²) in [4.78, 5) is 27.8. The third-order valence-electron chi connectivity index (χ3n) is 4.57. The predicted octanol–water partition coefficient (Wildman–Crippen LogP) is 4.36. The molecule has 2 aromatic rings. The van der Waals surface area contributed by atoms with E-state index in [1.54, 1.807) is 25.3 Å². The van der Waals surface area contributed by atoms with Crippen LogP contribution in [0.5, 0.6) is 5.75 Å².